The maximum absolute atomic E-state index is 4.82. The van der Waals surface area contributed by atoms with Gasteiger partial charge in [0, 0.05) is 25.2 Å². The second kappa shape index (κ2) is 10.1. The van der Waals surface area contributed by atoms with Crippen molar-refractivity contribution in [2.24, 2.45) is 4.99 Å². The van der Waals surface area contributed by atoms with Crippen LogP contribution in [0, 0.1) is 13.8 Å². The van der Waals surface area contributed by atoms with Gasteiger partial charge >= 0.3 is 0 Å². The summed E-state index contributed by atoms with van der Waals surface area (Å²) in [4.78, 5) is 12.9. The predicted molar refractivity (Wildman–Crippen MR) is 130 cm³/mol. The number of aromatic amines is 1. The number of benzene rings is 2. The average Bonchev–Trinajstić information content (AvgIpc) is 3.36. The Morgan fingerprint density at radius 1 is 1.06 bits per heavy atom. The van der Waals surface area contributed by atoms with Gasteiger partial charge in [0.25, 0.3) is 0 Å². The summed E-state index contributed by atoms with van der Waals surface area (Å²) in [6.07, 6.45) is 1.86. The lowest BCUT2D eigenvalue weighted by atomic mass is 10.2. The molecule has 0 saturated carbocycles. The molecule has 0 aliphatic heterocycles. The molecule has 0 radical (unpaired) electrons. The number of nitrogens with one attached hydrogen (secondary N) is 3. The van der Waals surface area contributed by atoms with Crippen molar-refractivity contribution in [2.45, 2.75) is 40.2 Å². The molecule has 0 atom stereocenters. The van der Waals surface area contributed by atoms with Crippen molar-refractivity contribution in [1.82, 2.24) is 30.4 Å². The fourth-order valence-electron chi connectivity index (χ4n) is 3.82. The predicted octanol–water partition coefficient (Wildman–Crippen LogP) is 4.05. The Labute approximate surface area is 189 Å². The first kappa shape index (κ1) is 21.6. The molecule has 3 N–H and O–H groups in total. The summed E-state index contributed by atoms with van der Waals surface area (Å²) < 4.78 is 1.99. The Bertz CT molecular complexity index is 1170. The lowest BCUT2D eigenvalue weighted by Crippen LogP contribution is -2.37. The highest BCUT2D eigenvalue weighted by atomic mass is 15.3. The number of aryl methyl sites for hydroxylation is 3. The van der Waals surface area contributed by atoms with E-state index in [0.29, 0.717) is 6.54 Å². The highest BCUT2D eigenvalue weighted by molar-refractivity contribution is 5.79. The maximum atomic E-state index is 4.82. The smallest absolute Gasteiger partial charge is 0.191 e. The van der Waals surface area contributed by atoms with Gasteiger partial charge in [-0.3, -0.25) is 0 Å². The topological polar surface area (TPSA) is 82.9 Å². The lowest BCUT2D eigenvalue weighted by molar-refractivity contribution is 0.726. The summed E-state index contributed by atoms with van der Waals surface area (Å²) in [5.41, 5.74) is 6.45. The molecule has 2 heterocycles. The van der Waals surface area contributed by atoms with Crippen LogP contribution in [0.4, 0.5) is 0 Å². The SMILES string of the molecule is CCNC(=NCc1ccccc1-n1nc(C)cc1C)NCCCc1nc2ccccc2[nH]1. The van der Waals surface area contributed by atoms with Crippen molar-refractivity contribution in [3.8, 4) is 5.69 Å². The Morgan fingerprint density at radius 3 is 2.66 bits per heavy atom. The van der Waals surface area contributed by atoms with E-state index in [2.05, 4.69) is 63.8 Å². The van der Waals surface area contributed by atoms with E-state index in [9.17, 15) is 0 Å². The first-order valence-corrected chi connectivity index (χ1v) is 11.2. The van der Waals surface area contributed by atoms with E-state index >= 15 is 0 Å². The molecule has 0 amide bonds. The summed E-state index contributed by atoms with van der Waals surface area (Å²) in [7, 11) is 0. The van der Waals surface area contributed by atoms with E-state index in [0.717, 1.165) is 71.4 Å². The number of para-hydroxylation sites is 3. The molecule has 0 saturated heterocycles. The van der Waals surface area contributed by atoms with Crippen LogP contribution in [0.2, 0.25) is 0 Å². The van der Waals surface area contributed by atoms with Gasteiger partial charge in [-0.2, -0.15) is 5.10 Å². The van der Waals surface area contributed by atoms with Gasteiger partial charge in [0.1, 0.15) is 5.82 Å². The molecule has 4 aromatic rings. The average molecular weight is 430 g/mol. The van der Waals surface area contributed by atoms with Crippen LogP contribution in [-0.4, -0.2) is 38.8 Å². The molecule has 7 nitrogen and oxygen atoms in total. The fraction of sp³-hybridized carbons (Fsp3) is 0.320. The molecule has 2 aromatic carbocycles. The number of guanidine groups is 1. The van der Waals surface area contributed by atoms with Gasteiger partial charge in [-0.05, 0) is 57.0 Å². The molecule has 166 valence electrons. The van der Waals surface area contributed by atoms with Crippen LogP contribution >= 0.6 is 0 Å². The van der Waals surface area contributed by atoms with E-state index in [4.69, 9.17) is 4.99 Å². The van der Waals surface area contributed by atoms with Crippen LogP contribution in [0.1, 0.15) is 36.1 Å². The highest BCUT2D eigenvalue weighted by Crippen LogP contribution is 2.18. The number of aromatic nitrogens is 4. The third-order valence-electron chi connectivity index (χ3n) is 5.30. The number of aliphatic imine (C=N–C) groups is 1. The zero-order chi connectivity index (χ0) is 22.3. The second-order valence-electron chi connectivity index (χ2n) is 7.89. The summed E-state index contributed by atoms with van der Waals surface area (Å²) >= 11 is 0. The number of H-pyrrole nitrogens is 1. The molecule has 32 heavy (non-hydrogen) atoms. The first-order valence-electron chi connectivity index (χ1n) is 11.2. The van der Waals surface area contributed by atoms with Crippen molar-refractivity contribution in [2.75, 3.05) is 13.1 Å². The van der Waals surface area contributed by atoms with Crippen LogP contribution in [0.15, 0.2) is 59.6 Å². The molecule has 0 unspecified atom stereocenters. The number of fused-ring (bicyclic) bond motifs is 1. The van der Waals surface area contributed by atoms with Gasteiger partial charge in [-0.1, -0.05) is 30.3 Å². The van der Waals surface area contributed by atoms with Gasteiger partial charge in [0.15, 0.2) is 5.96 Å². The molecule has 0 aliphatic rings. The summed E-state index contributed by atoms with van der Waals surface area (Å²) in [5.74, 6) is 1.84. The fourth-order valence-corrected chi connectivity index (χ4v) is 3.82. The third-order valence-corrected chi connectivity index (χ3v) is 5.30. The summed E-state index contributed by atoms with van der Waals surface area (Å²) in [5, 5.41) is 11.4. The Balaban J connectivity index is 1.37. The zero-order valence-corrected chi connectivity index (χ0v) is 19.0. The minimum Gasteiger partial charge on any atom is -0.357 e. The molecule has 7 heteroatoms. The number of hydrogen-bond donors (Lipinski definition) is 3. The molecule has 2 aromatic heterocycles. The third kappa shape index (κ3) is 5.17. The largest absolute Gasteiger partial charge is 0.357 e. The van der Waals surface area contributed by atoms with Gasteiger partial charge in [0.2, 0.25) is 0 Å². The Hall–Kier alpha value is -3.61. The van der Waals surface area contributed by atoms with Crippen LogP contribution in [0.25, 0.3) is 16.7 Å². The summed E-state index contributed by atoms with van der Waals surface area (Å²) in [6, 6.07) is 18.5. The zero-order valence-electron chi connectivity index (χ0n) is 19.0. The van der Waals surface area contributed by atoms with Crippen LogP contribution in [0.5, 0.6) is 0 Å². The number of imidazole rings is 1. The Kier molecular flexibility index (Phi) is 6.84. The minimum absolute atomic E-state index is 0.577. The Morgan fingerprint density at radius 2 is 1.88 bits per heavy atom. The highest BCUT2D eigenvalue weighted by Gasteiger charge is 2.09. The van der Waals surface area contributed by atoms with E-state index < -0.39 is 0 Å². The maximum Gasteiger partial charge on any atom is 0.191 e. The minimum atomic E-state index is 0.577. The van der Waals surface area contributed by atoms with Crippen LogP contribution in [-0.2, 0) is 13.0 Å². The van der Waals surface area contributed by atoms with Crippen molar-refractivity contribution in [1.29, 1.82) is 0 Å². The van der Waals surface area contributed by atoms with Crippen molar-refractivity contribution < 1.29 is 0 Å². The monoisotopic (exact) mass is 429 g/mol. The van der Waals surface area contributed by atoms with E-state index in [-0.39, 0.29) is 0 Å². The van der Waals surface area contributed by atoms with Crippen molar-refractivity contribution in [3.63, 3.8) is 0 Å². The molecule has 0 spiro atoms. The lowest BCUT2D eigenvalue weighted by Gasteiger charge is -2.13. The molecule has 4 rings (SSSR count). The van der Waals surface area contributed by atoms with Gasteiger partial charge < -0.3 is 15.6 Å². The normalized spacial score (nSPS) is 11.8. The molecule has 0 aliphatic carbocycles. The van der Waals surface area contributed by atoms with Gasteiger partial charge in [-0.15, -0.1) is 0 Å². The summed E-state index contributed by atoms with van der Waals surface area (Å²) in [6.45, 7) is 8.38. The van der Waals surface area contributed by atoms with E-state index in [1.165, 1.54) is 0 Å². The first-order chi connectivity index (χ1) is 15.6. The van der Waals surface area contributed by atoms with E-state index in [1.807, 2.05) is 41.9 Å². The standard InChI is InChI=1S/C25H31N7/c1-4-26-25(27-15-9-14-24-29-21-11-6-7-12-22(21)30-24)28-17-20-10-5-8-13-23(20)32-19(3)16-18(2)31-32/h5-8,10-13,16H,4,9,14-15,17H2,1-3H3,(H,29,30)(H2,26,27,28). The molecular weight excluding hydrogens is 398 g/mol. The number of hydrogen-bond acceptors (Lipinski definition) is 3. The van der Waals surface area contributed by atoms with Crippen molar-refractivity contribution in [3.05, 3.63) is 77.4 Å². The number of nitrogens with zero attached hydrogens (tertiary/aromatic N) is 4. The molecule has 0 bridgehead atoms. The van der Waals surface area contributed by atoms with Gasteiger partial charge in [0.05, 0.1) is 29.0 Å². The van der Waals surface area contributed by atoms with Crippen LogP contribution < -0.4 is 10.6 Å². The quantitative estimate of drug-likeness (QED) is 0.224. The second-order valence-corrected chi connectivity index (χ2v) is 7.89. The molecular formula is C25H31N7. The van der Waals surface area contributed by atoms with Crippen molar-refractivity contribution >= 4 is 17.0 Å². The number of rotatable bonds is 8. The van der Waals surface area contributed by atoms with Crippen LogP contribution in [0.3, 0.4) is 0 Å². The van der Waals surface area contributed by atoms with E-state index in [1.54, 1.807) is 0 Å². The van der Waals surface area contributed by atoms with Gasteiger partial charge in [-0.25, -0.2) is 14.7 Å². The molecule has 0 fully saturated rings.